The van der Waals surface area contributed by atoms with Crippen LogP contribution < -0.4 is 5.32 Å². The predicted molar refractivity (Wildman–Crippen MR) is 101 cm³/mol. The molecule has 0 saturated heterocycles. The summed E-state index contributed by atoms with van der Waals surface area (Å²) >= 11 is 0. The molecule has 6 nitrogen and oxygen atoms in total. The molecular formula is C20H25FN6. The van der Waals surface area contributed by atoms with E-state index in [4.69, 9.17) is 0 Å². The van der Waals surface area contributed by atoms with Crippen molar-refractivity contribution >= 4 is 0 Å². The summed E-state index contributed by atoms with van der Waals surface area (Å²) in [5.41, 5.74) is 1.91. The monoisotopic (exact) mass is 368 g/mol. The number of hydrogen-bond acceptors (Lipinski definition) is 4. The minimum absolute atomic E-state index is 0.110. The van der Waals surface area contributed by atoms with Gasteiger partial charge in [0, 0.05) is 44.7 Å². The van der Waals surface area contributed by atoms with Gasteiger partial charge in [-0.3, -0.25) is 4.68 Å². The third-order valence-electron chi connectivity index (χ3n) is 5.12. The second-order valence-corrected chi connectivity index (χ2v) is 7.13. The molecule has 1 unspecified atom stereocenters. The van der Waals surface area contributed by atoms with Crippen LogP contribution in [0.2, 0.25) is 0 Å². The zero-order valence-corrected chi connectivity index (χ0v) is 15.6. The van der Waals surface area contributed by atoms with Gasteiger partial charge in [0.25, 0.3) is 0 Å². The van der Waals surface area contributed by atoms with Crippen molar-refractivity contribution in [3.05, 3.63) is 65.3 Å². The van der Waals surface area contributed by atoms with Gasteiger partial charge in [0.05, 0.1) is 12.2 Å². The van der Waals surface area contributed by atoms with Crippen LogP contribution in [0.4, 0.5) is 4.39 Å². The summed E-state index contributed by atoms with van der Waals surface area (Å²) < 4.78 is 17.8. The van der Waals surface area contributed by atoms with Crippen molar-refractivity contribution < 1.29 is 4.39 Å². The van der Waals surface area contributed by atoms with Crippen molar-refractivity contribution in [2.75, 3.05) is 6.54 Å². The van der Waals surface area contributed by atoms with Gasteiger partial charge in [0.2, 0.25) is 0 Å². The van der Waals surface area contributed by atoms with Gasteiger partial charge in [0.15, 0.2) is 0 Å². The lowest BCUT2D eigenvalue weighted by Gasteiger charge is -2.18. The van der Waals surface area contributed by atoms with E-state index in [1.807, 2.05) is 25.5 Å². The molecule has 7 heteroatoms. The third kappa shape index (κ3) is 4.08. The van der Waals surface area contributed by atoms with Crippen molar-refractivity contribution in [2.24, 2.45) is 7.05 Å². The van der Waals surface area contributed by atoms with Crippen LogP contribution in [0.15, 0.2) is 36.7 Å². The summed E-state index contributed by atoms with van der Waals surface area (Å²) in [6, 6.07) is 6.62. The first-order chi connectivity index (χ1) is 13.2. The highest BCUT2D eigenvalue weighted by molar-refractivity contribution is 5.29. The summed E-state index contributed by atoms with van der Waals surface area (Å²) in [5, 5.41) is 16.6. The molecule has 0 amide bonds. The van der Waals surface area contributed by atoms with E-state index in [9.17, 15) is 4.39 Å². The van der Waals surface area contributed by atoms with E-state index < -0.39 is 0 Å². The molecule has 3 aromatic rings. The van der Waals surface area contributed by atoms with Crippen molar-refractivity contribution in [1.29, 1.82) is 0 Å². The highest BCUT2D eigenvalue weighted by Gasteiger charge is 2.18. The number of nitrogens with zero attached hydrogens (tertiary/aromatic N) is 5. The fourth-order valence-electron chi connectivity index (χ4n) is 3.76. The number of fused-ring (bicyclic) bond motifs is 1. The van der Waals surface area contributed by atoms with Crippen LogP contribution in [-0.2, 0) is 26.4 Å². The van der Waals surface area contributed by atoms with Gasteiger partial charge in [0.1, 0.15) is 17.5 Å². The first-order valence-corrected chi connectivity index (χ1v) is 9.59. The molecule has 3 heterocycles. The van der Waals surface area contributed by atoms with E-state index in [1.54, 1.807) is 16.8 Å². The van der Waals surface area contributed by atoms with Crippen LogP contribution in [0.1, 0.15) is 48.1 Å². The summed E-state index contributed by atoms with van der Waals surface area (Å²) in [5.74, 6) is 1.91. The number of rotatable bonds is 6. The summed E-state index contributed by atoms with van der Waals surface area (Å²) in [6.07, 6.45) is 9.23. The summed E-state index contributed by atoms with van der Waals surface area (Å²) in [7, 11) is 1.89. The lowest BCUT2D eigenvalue weighted by atomic mass is 10.0. The van der Waals surface area contributed by atoms with E-state index in [2.05, 4.69) is 25.2 Å². The zero-order valence-electron chi connectivity index (χ0n) is 15.6. The average molecular weight is 368 g/mol. The number of hydrogen-bond donors (Lipinski definition) is 1. The lowest BCUT2D eigenvalue weighted by Crippen LogP contribution is -2.25. The SMILES string of the molecule is Cn1cc(C(NCCc2nnc3n2CCCCC3)c2cccc(F)c2)cn1. The minimum Gasteiger partial charge on any atom is -0.315 e. The van der Waals surface area contributed by atoms with Crippen LogP contribution in [0.25, 0.3) is 0 Å². The Kier molecular flexibility index (Phi) is 5.29. The van der Waals surface area contributed by atoms with Crippen LogP contribution in [0.5, 0.6) is 0 Å². The Balaban J connectivity index is 1.49. The number of aryl methyl sites for hydroxylation is 2. The van der Waals surface area contributed by atoms with Crippen molar-refractivity contribution in [1.82, 2.24) is 29.9 Å². The Bertz CT molecular complexity index is 900. The fraction of sp³-hybridized carbons (Fsp3) is 0.450. The normalized spacial score (nSPS) is 15.3. The number of nitrogens with one attached hydrogen (secondary N) is 1. The fourth-order valence-corrected chi connectivity index (χ4v) is 3.76. The van der Waals surface area contributed by atoms with Gasteiger partial charge in [-0.2, -0.15) is 5.10 Å². The van der Waals surface area contributed by atoms with Crippen LogP contribution >= 0.6 is 0 Å². The molecule has 142 valence electrons. The molecule has 27 heavy (non-hydrogen) atoms. The highest BCUT2D eigenvalue weighted by atomic mass is 19.1. The molecule has 1 aliphatic rings. The maximum Gasteiger partial charge on any atom is 0.134 e. The maximum absolute atomic E-state index is 13.8. The standard InChI is InChI=1S/C20H25FN6/c1-26-14-16(13-23-26)20(15-6-5-7-17(21)12-15)22-10-9-19-25-24-18-8-3-2-4-11-27(18)19/h5-7,12-14,20,22H,2-4,8-11H2,1H3. The first-order valence-electron chi connectivity index (χ1n) is 9.59. The molecule has 1 aliphatic heterocycles. The molecule has 0 aliphatic carbocycles. The smallest absolute Gasteiger partial charge is 0.134 e. The Hall–Kier alpha value is -2.54. The molecule has 0 spiro atoms. The van der Waals surface area contributed by atoms with Crippen molar-refractivity contribution in [3.8, 4) is 0 Å². The maximum atomic E-state index is 13.8. The van der Waals surface area contributed by atoms with E-state index in [0.29, 0.717) is 0 Å². The quantitative estimate of drug-likeness (QED) is 0.727. The largest absolute Gasteiger partial charge is 0.315 e. The number of benzene rings is 1. The van der Waals surface area contributed by atoms with E-state index in [1.165, 1.54) is 25.3 Å². The van der Waals surface area contributed by atoms with E-state index in [-0.39, 0.29) is 11.9 Å². The Morgan fingerprint density at radius 3 is 2.93 bits per heavy atom. The lowest BCUT2D eigenvalue weighted by molar-refractivity contribution is 0.560. The first kappa shape index (κ1) is 17.9. The van der Waals surface area contributed by atoms with Gasteiger partial charge in [-0.1, -0.05) is 18.6 Å². The van der Waals surface area contributed by atoms with E-state index in [0.717, 1.165) is 48.7 Å². The van der Waals surface area contributed by atoms with Crippen LogP contribution in [0, 0.1) is 5.82 Å². The molecule has 0 radical (unpaired) electrons. The van der Waals surface area contributed by atoms with Crippen LogP contribution in [0.3, 0.4) is 0 Å². The molecule has 0 saturated carbocycles. The molecule has 1 aromatic carbocycles. The Morgan fingerprint density at radius 1 is 1.19 bits per heavy atom. The topological polar surface area (TPSA) is 60.6 Å². The predicted octanol–water partition coefficient (Wildman–Crippen LogP) is 2.80. The third-order valence-corrected chi connectivity index (χ3v) is 5.12. The number of aromatic nitrogens is 5. The van der Waals surface area contributed by atoms with Gasteiger partial charge in [-0.05, 0) is 30.5 Å². The molecule has 4 rings (SSSR count). The van der Waals surface area contributed by atoms with Gasteiger partial charge >= 0.3 is 0 Å². The summed E-state index contributed by atoms with van der Waals surface area (Å²) in [4.78, 5) is 0. The van der Waals surface area contributed by atoms with Gasteiger partial charge in [-0.15, -0.1) is 10.2 Å². The van der Waals surface area contributed by atoms with Crippen molar-refractivity contribution in [3.63, 3.8) is 0 Å². The van der Waals surface area contributed by atoms with Gasteiger partial charge in [-0.25, -0.2) is 4.39 Å². The molecule has 1 atom stereocenters. The highest BCUT2D eigenvalue weighted by Crippen LogP contribution is 2.22. The molecular weight excluding hydrogens is 343 g/mol. The Morgan fingerprint density at radius 2 is 2.11 bits per heavy atom. The van der Waals surface area contributed by atoms with Crippen LogP contribution in [-0.4, -0.2) is 31.1 Å². The minimum atomic E-state index is -0.231. The molecule has 1 N–H and O–H groups in total. The van der Waals surface area contributed by atoms with E-state index >= 15 is 0 Å². The summed E-state index contributed by atoms with van der Waals surface area (Å²) in [6.45, 7) is 1.74. The Labute approximate surface area is 158 Å². The molecule has 0 fully saturated rings. The second-order valence-electron chi connectivity index (χ2n) is 7.13. The average Bonchev–Trinajstić information content (AvgIpc) is 3.17. The molecule has 2 aromatic heterocycles. The van der Waals surface area contributed by atoms with Gasteiger partial charge < -0.3 is 9.88 Å². The number of halogens is 1. The zero-order chi connectivity index (χ0) is 18.6. The second kappa shape index (κ2) is 8.00. The molecule has 0 bridgehead atoms. The van der Waals surface area contributed by atoms with Crippen molar-refractivity contribution in [2.45, 2.75) is 44.7 Å².